The van der Waals surface area contributed by atoms with Crippen molar-refractivity contribution in [3.05, 3.63) is 27.2 Å². The minimum absolute atomic E-state index is 0.297. The van der Waals surface area contributed by atoms with E-state index in [0.717, 1.165) is 0 Å². The number of hydrogen-bond donors (Lipinski definition) is 2. The Kier molecular flexibility index (Phi) is 2.64. The molecule has 0 aliphatic carbocycles. The van der Waals surface area contributed by atoms with Crippen molar-refractivity contribution in [2.24, 2.45) is 0 Å². The number of pyridine rings is 1. The molecule has 0 unspecified atom stereocenters. The molecule has 0 aliphatic heterocycles. The summed E-state index contributed by atoms with van der Waals surface area (Å²) in [6.45, 7) is 0. The quantitative estimate of drug-likeness (QED) is 0.889. The number of hydrogen-bond acceptors (Lipinski definition) is 4. The zero-order valence-electron chi connectivity index (χ0n) is 7.60. The molecule has 0 spiro atoms. The van der Waals surface area contributed by atoms with Crippen molar-refractivity contribution in [3.8, 4) is 0 Å². The van der Waals surface area contributed by atoms with Crippen LogP contribution in [0.4, 0.5) is 0 Å². The summed E-state index contributed by atoms with van der Waals surface area (Å²) in [5, 5.41) is 19.5. The van der Waals surface area contributed by atoms with Gasteiger partial charge in [-0.05, 0) is 22.0 Å². The summed E-state index contributed by atoms with van der Waals surface area (Å²) in [6.07, 6.45) is 0. The van der Waals surface area contributed by atoms with Gasteiger partial charge in [-0.2, -0.15) is 0 Å². The lowest BCUT2D eigenvalue weighted by Gasteiger charge is -2.00. The normalized spacial score (nSPS) is 10.6. The van der Waals surface area contributed by atoms with E-state index in [1.807, 2.05) is 0 Å². The summed E-state index contributed by atoms with van der Waals surface area (Å²) in [4.78, 5) is 25.6. The van der Waals surface area contributed by atoms with Crippen molar-refractivity contribution < 1.29 is 19.8 Å². The van der Waals surface area contributed by atoms with Crippen LogP contribution >= 0.6 is 27.3 Å². The fraction of sp³-hybridized carbons (Fsp3) is 0. The number of carbonyl (C=O) groups is 2. The topological polar surface area (TPSA) is 87.5 Å². The summed E-state index contributed by atoms with van der Waals surface area (Å²) >= 11 is 4.52. The van der Waals surface area contributed by atoms with Gasteiger partial charge in [-0.15, -0.1) is 11.3 Å². The largest absolute Gasteiger partial charge is 0.478 e. The second-order valence-electron chi connectivity index (χ2n) is 2.93. The van der Waals surface area contributed by atoms with E-state index in [1.165, 1.54) is 17.4 Å². The zero-order valence-corrected chi connectivity index (χ0v) is 10.0. The molecule has 7 heteroatoms. The van der Waals surface area contributed by atoms with Crippen LogP contribution in [0.5, 0.6) is 0 Å². The molecule has 2 rings (SSSR count). The van der Waals surface area contributed by atoms with Gasteiger partial charge in [-0.25, -0.2) is 14.6 Å². The summed E-state index contributed by atoms with van der Waals surface area (Å²) in [7, 11) is 0. The van der Waals surface area contributed by atoms with Crippen LogP contribution in [0.3, 0.4) is 0 Å². The highest BCUT2D eigenvalue weighted by Crippen LogP contribution is 2.30. The van der Waals surface area contributed by atoms with E-state index >= 15 is 0 Å². The summed E-state index contributed by atoms with van der Waals surface area (Å²) < 4.78 is 1.29. The number of halogens is 1. The van der Waals surface area contributed by atoms with Gasteiger partial charge in [0.15, 0.2) is 5.69 Å². The molecule has 5 nitrogen and oxygen atoms in total. The van der Waals surface area contributed by atoms with Crippen LogP contribution in [0.1, 0.15) is 20.8 Å². The lowest BCUT2D eigenvalue weighted by atomic mass is 10.2. The van der Waals surface area contributed by atoms with Crippen molar-refractivity contribution in [3.63, 3.8) is 0 Å². The molecular formula is C9H4BrNO4S. The Hall–Kier alpha value is -1.47. The van der Waals surface area contributed by atoms with Gasteiger partial charge in [-0.1, -0.05) is 0 Å². The molecule has 0 bridgehead atoms. The molecule has 82 valence electrons. The highest BCUT2D eigenvalue weighted by molar-refractivity contribution is 9.10. The Morgan fingerprint density at radius 1 is 1.31 bits per heavy atom. The number of carboxylic acids is 2. The molecule has 16 heavy (non-hydrogen) atoms. The fourth-order valence-electron chi connectivity index (χ4n) is 1.25. The second-order valence-corrected chi connectivity index (χ2v) is 4.69. The van der Waals surface area contributed by atoms with E-state index < -0.39 is 17.6 Å². The van der Waals surface area contributed by atoms with Gasteiger partial charge in [-0.3, -0.25) is 0 Å². The number of aromatic nitrogens is 1. The molecule has 0 atom stereocenters. The Labute approximate surface area is 101 Å². The zero-order chi connectivity index (χ0) is 11.9. The van der Waals surface area contributed by atoms with E-state index in [2.05, 4.69) is 20.9 Å². The predicted molar refractivity (Wildman–Crippen MR) is 61.2 cm³/mol. The molecule has 0 aromatic carbocycles. The molecule has 0 amide bonds. The van der Waals surface area contributed by atoms with E-state index in [1.54, 1.807) is 5.38 Å². The number of nitrogens with zero attached hydrogens (tertiary/aromatic N) is 1. The van der Waals surface area contributed by atoms with Gasteiger partial charge in [0.25, 0.3) is 0 Å². The molecule has 2 N–H and O–H groups in total. The molecular weight excluding hydrogens is 298 g/mol. The monoisotopic (exact) mass is 301 g/mol. The van der Waals surface area contributed by atoms with Crippen molar-refractivity contribution in [1.29, 1.82) is 0 Å². The smallest absolute Gasteiger partial charge is 0.355 e. The van der Waals surface area contributed by atoms with Crippen molar-refractivity contribution >= 4 is 49.4 Å². The fourth-order valence-corrected chi connectivity index (χ4v) is 2.76. The van der Waals surface area contributed by atoms with Crippen molar-refractivity contribution in [1.82, 2.24) is 4.98 Å². The van der Waals surface area contributed by atoms with Crippen molar-refractivity contribution in [2.45, 2.75) is 0 Å². The Bertz CT molecular complexity index is 607. The van der Waals surface area contributed by atoms with E-state index in [4.69, 9.17) is 10.2 Å². The molecule has 2 aromatic rings. The van der Waals surface area contributed by atoms with Gasteiger partial charge in [0, 0.05) is 5.38 Å². The van der Waals surface area contributed by atoms with Gasteiger partial charge >= 0.3 is 11.9 Å². The highest BCUT2D eigenvalue weighted by Gasteiger charge is 2.20. The van der Waals surface area contributed by atoms with E-state index in [9.17, 15) is 9.59 Å². The minimum atomic E-state index is -1.35. The molecule has 2 aromatic heterocycles. The molecule has 2 heterocycles. The first-order chi connectivity index (χ1) is 7.50. The maximum Gasteiger partial charge on any atom is 0.355 e. The Morgan fingerprint density at radius 3 is 2.56 bits per heavy atom. The SMILES string of the molecule is O=C(O)c1cc2scc(Br)c2nc1C(=O)O. The molecule has 0 aliphatic rings. The third-order valence-corrected chi connectivity index (χ3v) is 3.76. The average molecular weight is 302 g/mol. The second kappa shape index (κ2) is 3.84. The van der Waals surface area contributed by atoms with Crippen LogP contribution in [0.2, 0.25) is 0 Å². The van der Waals surface area contributed by atoms with Crippen LogP contribution in [0, 0.1) is 0 Å². The number of fused-ring (bicyclic) bond motifs is 1. The maximum atomic E-state index is 10.9. The van der Waals surface area contributed by atoms with E-state index in [0.29, 0.717) is 14.7 Å². The van der Waals surface area contributed by atoms with E-state index in [-0.39, 0.29) is 5.56 Å². The van der Waals surface area contributed by atoms with Crippen molar-refractivity contribution in [2.75, 3.05) is 0 Å². The van der Waals surface area contributed by atoms with Crippen LogP contribution < -0.4 is 0 Å². The number of rotatable bonds is 2. The third kappa shape index (κ3) is 1.68. The standard InChI is InChI=1S/C9H4BrNO4S/c10-4-2-16-5-1-3(8(12)13)6(9(14)15)11-7(4)5/h1-2H,(H,12,13)(H,14,15). The summed E-state index contributed by atoms with van der Waals surface area (Å²) in [6, 6.07) is 1.32. The van der Waals surface area contributed by atoms with Gasteiger partial charge in [0.1, 0.15) is 0 Å². The van der Waals surface area contributed by atoms with Gasteiger partial charge in [0.05, 0.1) is 20.3 Å². The van der Waals surface area contributed by atoms with Gasteiger partial charge in [0.2, 0.25) is 0 Å². The summed E-state index contributed by atoms with van der Waals surface area (Å²) in [5.74, 6) is -2.64. The molecule has 0 saturated heterocycles. The Balaban J connectivity index is 2.83. The first-order valence-corrected chi connectivity index (χ1v) is 5.72. The first-order valence-electron chi connectivity index (χ1n) is 4.05. The average Bonchev–Trinajstić information content (AvgIpc) is 2.58. The van der Waals surface area contributed by atoms with Crippen LogP contribution in [-0.4, -0.2) is 27.1 Å². The minimum Gasteiger partial charge on any atom is -0.478 e. The lowest BCUT2D eigenvalue weighted by Crippen LogP contribution is -2.10. The van der Waals surface area contributed by atoms with Crippen LogP contribution in [0.15, 0.2) is 15.9 Å². The maximum absolute atomic E-state index is 10.9. The predicted octanol–water partition coefficient (Wildman–Crippen LogP) is 2.46. The van der Waals surface area contributed by atoms with Crippen LogP contribution in [0.25, 0.3) is 10.2 Å². The number of carboxylic acid groups (broad SMARTS) is 2. The van der Waals surface area contributed by atoms with Gasteiger partial charge < -0.3 is 10.2 Å². The molecule has 0 fully saturated rings. The number of aromatic carboxylic acids is 2. The lowest BCUT2D eigenvalue weighted by molar-refractivity contribution is 0.0647. The summed E-state index contributed by atoms with van der Waals surface area (Å²) in [5.41, 5.74) is -0.277. The first kappa shape index (κ1) is 11.0. The number of thiophene rings is 1. The molecule has 0 saturated carbocycles. The highest BCUT2D eigenvalue weighted by atomic mass is 79.9. The Morgan fingerprint density at radius 2 is 2.00 bits per heavy atom. The molecule has 0 radical (unpaired) electrons. The third-order valence-electron chi connectivity index (χ3n) is 1.94. The van der Waals surface area contributed by atoms with Crippen LogP contribution in [-0.2, 0) is 0 Å².